The van der Waals surface area contributed by atoms with Gasteiger partial charge in [0.25, 0.3) is 5.91 Å². The summed E-state index contributed by atoms with van der Waals surface area (Å²) < 4.78 is 18.5. The Labute approximate surface area is 154 Å². The third-order valence-electron chi connectivity index (χ3n) is 4.17. The van der Waals surface area contributed by atoms with Gasteiger partial charge < -0.3 is 9.64 Å². The Balaban J connectivity index is 1.57. The van der Waals surface area contributed by atoms with Crippen molar-refractivity contribution >= 4 is 34.6 Å². The Morgan fingerprint density at radius 2 is 1.96 bits per heavy atom. The van der Waals surface area contributed by atoms with Crippen LogP contribution >= 0.6 is 11.8 Å². The first-order chi connectivity index (χ1) is 12.7. The van der Waals surface area contributed by atoms with E-state index in [-0.39, 0.29) is 11.7 Å². The van der Waals surface area contributed by atoms with Gasteiger partial charge in [0.2, 0.25) is 0 Å². The van der Waals surface area contributed by atoms with E-state index in [4.69, 9.17) is 4.74 Å². The summed E-state index contributed by atoms with van der Waals surface area (Å²) in [5.41, 5.74) is 2.04. The van der Waals surface area contributed by atoms with Gasteiger partial charge in [0.05, 0.1) is 18.7 Å². The molecule has 0 aromatic heterocycles. The number of nitrogens with zero attached hydrogens (tertiary/aromatic N) is 3. The summed E-state index contributed by atoms with van der Waals surface area (Å²) in [5.74, 6) is 0.975. The standard InChI is InChI=1S/C19H16FN3O2S/c1-25-17-5-3-2-4-16(17)22-11-23-18(24)15(21-19(23)26-12-22)10-13-6-8-14(20)9-7-13/h2-10H,11-12H2,1H3/b15-10-. The molecule has 5 nitrogen and oxygen atoms in total. The first-order valence-electron chi connectivity index (χ1n) is 8.04. The van der Waals surface area contributed by atoms with Crippen molar-refractivity contribution in [3.8, 4) is 5.75 Å². The molecule has 2 aromatic rings. The third-order valence-corrected chi connectivity index (χ3v) is 5.18. The number of hydrogen-bond acceptors (Lipinski definition) is 5. The van der Waals surface area contributed by atoms with E-state index in [0.29, 0.717) is 23.4 Å². The minimum Gasteiger partial charge on any atom is -0.495 e. The van der Waals surface area contributed by atoms with E-state index >= 15 is 0 Å². The van der Waals surface area contributed by atoms with Crippen LogP contribution in [0.25, 0.3) is 6.08 Å². The first-order valence-corrected chi connectivity index (χ1v) is 9.03. The number of carbonyl (C=O) groups excluding carboxylic acids is 1. The maximum atomic E-state index is 13.0. The highest BCUT2D eigenvalue weighted by atomic mass is 32.2. The number of halogens is 1. The molecule has 1 amide bonds. The van der Waals surface area contributed by atoms with E-state index in [2.05, 4.69) is 9.89 Å². The monoisotopic (exact) mass is 369 g/mol. The molecule has 2 aliphatic rings. The Bertz CT molecular complexity index is 911. The lowest BCUT2D eigenvalue weighted by Gasteiger charge is -2.34. The van der Waals surface area contributed by atoms with Gasteiger partial charge in [0, 0.05) is 0 Å². The van der Waals surface area contributed by atoms with Crippen LogP contribution in [0.5, 0.6) is 5.75 Å². The predicted molar refractivity (Wildman–Crippen MR) is 101 cm³/mol. The molecule has 132 valence electrons. The van der Waals surface area contributed by atoms with Crippen molar-refractivity contribution in [1.82, 2.24) is 4.90 Å². The maximum Gasteiger partial charge on any atom is 0.280 e. The number of hydrogen-bond donors (Lipinski definition) is 0. The molecule has 0 unspecified atom stereocenters. The number of ether oxygens (including phenoxy) is 1. The SMILES string of the molecule is COc1ccccc1N1CSC2=N/C(=C\c3ccc(F)cc3)C(=O)N2C1. The van der Waals surface area contributed by atoms with Gasteiger partial charge in [0.15, 0.2) is 5.17 Å². The zero-order valence-corrected chi connectivity index (χ0v) is 14.9. The van der Waals surface area contributed by atoms with E-state index in [1.807, 2.05) is 24.3 Å². The van der Waals surface area contributed by atoms with Crippen LogP contribution in [0.3, 0.4) is 0 Å². The summed E-state index contributed by atoms with van der Waals surface area (Å²) >= 11 is 1.50. The molecule has 2 aromatic carbocycles. The topological polar surface area (TPSA) is 45.1 Å². The molecular formula is C19H16FN3O2S. The van der Waals surface area contributed by atoms with Crippen molar-refractivity contribution in [2.45, 2.75) is 0 Å². The number of amides is 1. The number of methoxy groups -OCH3 is 1. The number of fused-ring (bicyclic) bond motifs is 1. The van der Waals surface area contributed by atoms with Crippen molar-refractivity contribution in [3.05, 3.63) is 65.6 Å². The lowest BCUT2D eigenvalue weighted by molar-refractivity contribution is -0.122. The van der Waals surface area contributed by atoms with E-state index in [0.717, 1.165) is 17.0 Å². The van der Waals surface area contributed by atoms with Gasteiger partial charge in [-0.25, -0.2) is 9.38 Å². The maximum absolute atomic E-state index is 13.0. The van der Waals surface area contributed by atoms with Crippen molar-refractivity contribution < 1.29 is 13.9 Å². The number of amidine groups is 1. The highest BCUT2D eigenvalue weighted by molar-refractivity contribution is 8.14. The van der Waals surface area contributed by atoms with Crippen molar-refractivity contribution in [1.29, 1.82) is 0 Å². The summed E-state index contributed by atoms with van der Waals surface area (Å²) in [6.45, 7) is 0.409. The quantitative estimate of drug-likeness (QED) is 0.777. The van der Waals surface area contributed by atoms with Gasteiger partial charge in [-0.3, -0.25) is 9.69 Å². The number of rotatable bonds is 3. The van der Waals surface area contributed by atoms with Crippen LogP contribution in [0.2, 0.25) is 0 Å². The Morgan fingerprint density at radius 1 is 1.19 bits per heavy atom. The fourth-order valence-corrected chi connectivity index (χ4v) is 3.82. The van der Waals surface area contributed by atoms with Crippen molar-refractivity contribution in [2.75, 3.05) is 24.6 Å². The average Bonchev–Trinajstić information content (AvgIpc) is 2.98. The van der Waals surface area contributed by atoms with Crippen LogP contribution < -0.4 is 9.64 Å². The lowest BCUT2D eigenvalue weighted by Crippen LogP contribution is -2.46. The molecule has 0 bridgehead atoms. The summed E-state index contributed by atoms with van der Waals surface area (Å²) in [6.07, 6.45) is 1.68. The smallest absolute Gasteiger partial charge is 0.280 e. The second-order valence-corrected chi connectivity index (χ2v) is 6.75. The van der Waals surface area contributed by atoms with Gasteiger partial charge in [0.1, 0.15) is 23.9 Å². The summed E-state index contributed by atoms with van der Waals surface area (Å²) in [6, 6.07) is 13.7. The highest BCUT2D eigenvalue weighted by Gasteiger charge is 2.36. The Hall–Kier alpha value is -2.80. The second kappa shape index (κ2) is 6.84. The number of para-hydroxylation sites is 2. The van der Waals surface area contributed by atoms with Crippen LogP contribution in [0.1, 0.15) is 5.56 Å². The largest absolute Gasteiger partial charge is 0.495 e. The molecule has 7 heteroatoms. The molecule has 4 rings (SSSR count). The molecule has 2 heterocycles. The number of aliphatic imine (C=N–C) groups is 1. The van der Waals surface area contributed by atoms with Crippen LogP contribution in [-0.2, 0) is 4.79 Å². The molecule has 0 radical (unpaired) electrons. The van der Waals surface area contributed by atoms with Crippen LogP contribution in [0, 0.1) is 5.82 Å². The first kappa shape index (κ1) is 16.7. The number of anilines is 1. The van der Waals surface area contributed by atoms with Gasteiger partial charge in [-0.2, -0.15) is 0 Å². The minimum absolute atomic E-state index is 0.156. The average molecular weight is 369 g/mol. The van der Waals surface area contributed by atoms with E-state index in [1.165, 1.54) is 23.9 Å². The molecular weight excluding hydrogens is 353 g/mol. The molecule has 0 atom stereocenters. The van der Waals surface area contributed by atoms with E-state index in [9.17, 15) is 9.18 Å². The lowest BCUT2D eigenvalue weighted by atomic mass is 10.2. The number of carbonyl (C=O) groups is 1. The summed E-state index contributed by atoms with van der Waals surface area (Å²) in [4.78, 5) is 20.9. The molecule has 0 spiro atoms. The van der Waals surface area contributed by atoms with E-state index < -0.39 is 0 Å². The molecule has 2 aliphatic heterocycles. The fraction of sp³-hybridized carbons (Fsp3) is 0.158. The summed E-state index contributed by atoms with van der Waals surface area (Å²) in [5, 5.41) is 0.689. The predicted octanol–water partition coefficient (Wildman–Crippen LogP) is 3.54. The molecule has 0 N–H and O–H groups in total. The van der Waals surface area contributed by atoms with Crippen molar-refractivity contribution in [3.63, 3.8) is 0 Å². The van der Waals surface area contributed by atoms with Crippen LogP contribution in [0.4, 0.5) is 10.1 Å². The molecule has 0 aliphatic carbocycles. The normalized spacial score (nSPS) is 18.2. The summed E-state index contributed by atoms with van der Waals surface area (Å²) in [7, 11) is 1.63. The Kier molecular flexibility index (Phi) is 4.38. The molecule has 26 heavy (non-hydrogen) atoms. The van der Waals surface area contributed by atoms with Gasteiger partial charge in [-0.15, -0.1) is 0 Å². The zero-order chi connectivity index (χ0) is 18.1. The van der Waals surface area contributed by atoms with Gasteiger partial charge in [-0.05, 0) is 35.9 Å². The number of benzene rings is 2. The number of thioether (sulfide) groups is 1. The molecule has 1 saturated heterocycles. The van der Waals surface area contributed by atoms with Gasteiger partial charge >= 0.3 is 0 Å². The van der Waals surface area contributed by atoms with E-state index in [1.54, 1.807) is 30.2 Å². The zero-order valence-electron chi connectivity index (χ0n) is 14.1. The van der Waals surface area contributed by atoms with Gasteiger partial charge in [-0.1, -0.05) is 36.0 Å². The highest BCUT2D eigenvalue weighted by Crippen LogP contribution is 2.34. The Morgan fingerprint density at radius 3 is 2.73 bits per heavy atom. The minimum atomic E-state index is -0.309. The molecule has 1 fully saturated rings. The molecule has 0 saturated carbocycles. The van der Waals surface area contributed by atoms with Crippen LogP contribution in [0.15, 0.2) is 59.2 Å². The fourth-order valence-electron chi connectivity index (χ4n) is 2.87. The van der Waals surface area contributed by atoms with Crippen LogP contribution in [-0.4, -0.2) is 35.6 Å². The second-order valence-electron chi connectivity index (χ2n) is 5.84. The van der Waals surface area contributed by atoms with Crippen molar-refractivity contribution in [2.24, 2.45) is 4.99 Å². The third kappa shape index (κ3) is 3.06.